The van der Waals surface area contributed by atoms with Gasteiger partial charge in [0.1, 0.15) is 11.3 Å². The second-order valence-electron chi connectivity index (χ2n) is 6.84. The van der Waals surface area contributed by atoms with E-state index in [0.717, 1.165) is 44.0 Å². The maximum atomic E-state index is 5.65. The molecule has 3 rings (SSSR count). The topological polar surface area (TPSA) is 71.9 Å². The molecule has 0 N–H and O–H groups in total. The fraction of sp³-hybridized carbons (Fsp3) is 0.478. The number of aromatic nitrogens is 2. The Kier molecular flexibility index (Phi) is 9.77. The Bertz CT molecular complexity index is 969. The van der Waals surface area contributed by atoms with Gasteiger partial charge in [-0.3, -0.25) is 0 Å². The molecule has 0 fully saturated rings. The van der Waals surface area contributed by atoms with Crippen LogP contribution >= 0.6 is 11.8 Å². The molecule has 2 aromatic carbocycles. The molecule has 1 aromatic heterocycles. The van der Waals surface area contributed by atoms with Crippen LogP contribution in [0.3, 0.4) is 0 Å². The molecule has 0 aliphatic heterocycles. The molecule has 31 heavy (non-hydrogen) atoms. The predicted octanol–water partition coefficient (Wildman–Crippen LogP) is 3.89. The zero-order chi connectivity index (χ0) is 21.9. The van der Waals surface area contributed by atoms with E-state index < -0.39 is 0 Å². The van der Waals surface area contributed by atoms with Crippen molar-refractivity contribution >= 4 is 33.8 Å². The average molecular weight is 447 g/mol. The number of para-hydroxylation sites is 1. The van der Waals surface area contributed by atoms with Gasteiger partial charge in [0.25, 0.3) is 0 Å². The van der Waals surface area contributed by atoms with Gasteiger partial charge >= 0.3 is 0 Å². The molecular formula is C23H30N2O5S. The summed E-state index contributed by atoms with van der Waals surface area (Å²) in [5.74, 6) is 1.56. The van der Waals surface area contributed by atoms with Gasteiger partial charge in [0.2, 0.25) is 0 Å². The minimum Gasteiger partial charge on any atom is -0.494 e. The van der Waals surface area contributed by atoms with Crippen LogP contribution < -0.4 is 4.74 Å². The number of thioether (sulfide) groups is 1. The smallest absolute Gasteiger partial charge is 0.147 e. The van der Waals surface area contributed by atoms with Gasteiger partial charge < -0.3 is 23.7 Å². The quantitative estimate of drug-likeness (QED) is 0.210. The van der Waals surface area contributed by atoms with Crippen LogP contribution in [0, 0.1) is 6.92 Å². The highest BCUT2D eigenvalue weighted by Gasteiger charge is 2.11. The SMILES string of the molecule is COCCOCCOCCOCCSc1cc(OC)c2nc3cccc(C)c3nc2c1. The van der Waals surface area contributed by atoms with Crippen LogP contribution in [0.25, 0.3) is 22.1 Å². The molecule has 0 bridgehead atoms. The standard InChI is InChI=1S/C23H30N2O5S/c1-17-5-4-6-19-22(17)25-20-15-18(16-21(27-3)23(20)24-19)31-14-13-30-12-11-29-10-9-28-8-7-26-2/h4-6,15-16H,7-14H2,1-3H3. The number of fused-ring (bicyclic) bond motifs is 2. The van der Waals surface area contributed by atoms with Crippen LogP contribution in [0.4, 0.5) is 0 Å². The van der Waals surface area contributed by atoms with Gasteiger partial charge in [0.15, 0.2) is 0 Å². The van der Waals surface area contributed by atoms with Gasteiger partial charge in [-0.05, 0) is 30.7 Å². The number of aryl methyl sites for hydroxylation is 1. The molecule has 0 atom stereocenters. The van der Waals surface area contributed by atoms with Gasteiger partial charge in [-0.15, -0.1) is 11.8 Å². The molecule has 1 heterocycles. The molecule has 0 amide bonds. The summed E-state index contributed by atoms with van der Waals surface area (Å²) in [7, 11) is 3.32. The lowest BCUT2D eigenvalue weighted by Crippen LogP contribution is -2.11. The Hall–Kier alpha value is -1.97. The van der Waals surface area contributed by atoms with Crippen molar-refractivity contribution in [1.82, 2.24) is 9.97 Å². The predicted molar refractivity (Wildman–Crippen MR) is 123 cm³/mol. The zero-order valence-corrected chi connectivity index (χ0v) is 19.2. The van der Waals surface area contributed by atoms with Gasteiger partial charge in [-0.2, -0.15) is 0 Å². The third kappa shape index (κ3) is 7.02. The molecule has 0 radical (unpaired) electrons. The van der Waals surface area contributed by atoms with E-state index in [-0.39, 0.29) is 0 Å². The maximum absolute atomic E-state index is 5.65. The van der Waals surface area contributed by atoms with Crippen LogP contribution in [-0.4, -0.2) is 76.2 Å². The van der Waals surface area contributed by atoms with Gasteiger partial charge in [-0.25, -0.2) is 9.97 Å². The van der Waals surface area contributed by atoms with Crippen molar-refractivity contribution in [3.05, 3.63) is 35.9 Å². The van der Waals surface area contributed by atoms with E-state index in [1.165, 1.54) is 0 Å². The molecule has 0 spiro atoms. The molecule has 168 valence electrons. The van der Waals surface area contributed by atoms with Crippen LogP contribution in [-0.2, 0) is 18.9 Å². The summed E-state index contributed by atoms with van der Waals surface area (Å²) in [6.45, 7) is 6.14. The number of methoxy groups -OCH3 is 2. The van der Waals surface area contributed by atoms with Gasteiger partial charge in [-0.1, -0.05) is 12.1 Å². The highest BCUT2D eigenvalue weighted by molar-refractivity contribution is 7.99. The molecule has 0 unspecified atom stereocenters. The lowest BCUT2D eigenvalue weighted by atomic mass is 10.2. The highest BCUT2D eigenvalue weighted by Crippen LogP contribution is 2.31. The summed E-state index contributed by atoms with van der Waals surface area (Å²) < 4.78 is 26.9. The minimum atomic E-state index is 0.560. The Morgan fingerprint density at radius 1 is 0.774 bits per heavy atom. The number of nitrogens with zero attached hydrogens (tertiary/aromatic N) is 2. The van der Waals surface area contributed by atoms with E-state index in [1.54, 1.807) is 26.0 Å². The number of benzene rings is 2. The Morgan fingerprint density at radius 2 is 1.45 bits per heavy atom. The normalized spacial score (nSPS) is 11.5. The van der Waals surface area contributed by atoms with E-state index in [2.05, 4.69) is 6.07 Å². The number of rotatable bonds is 14. The van der Waals surface area contributed by atoms with Crippen molar-refractivity contribution in [2.24, 2.45) is 0 Å². The fourth-order valence-electron chi connectivity index (χ4n) is 3.03. The Balaban J connectivity index is 1.45. The van der Waals surface area contributed by atoms with Crippen molar-refractivity contribution in [2.45, 2.75) is 11.8 Å². The first kappa shape index (κ1) is 23.7. The number of hydrogen-bond acceptors (Lipinski definition) is 8. The first-order valence-electron chi connectivity index (χ1n) is 10.3. The molecule has 0 aliphatic carbocycles. The van der Waals surface area contributed by atoms with Crippen LogP contribution in [0.15, 0.2) is 35.2 Å². The van der Waals surface area contributed by atoms with E-state index in [0.29, 0.717) is 46.2 Å². The van der Waals surface area contributed by atoms with E-state index in [9.17, 15) is 0 Å². The second kappa shape index (κ2) is 12.8. The van der Waals surface area contributed by atoms with Crippen molar-refractivity contribution in [3.63, 3.8) is 0 Å². The molecule has 8 heteroatoms. The summed E-state index contributed by atoms with van der Waals surface area (Å²) in [6, 6.07) is 10.1. The summed E-state index contributed by atoms with van der Waals surface area (Å²) in [6.07, 6.45) is 0. The Labute approximate surface area is 187 Å². The van der Waals surface area contributed by atoms with Crippen LogP contribution in [0.2, 0.25) is 0 Å². The minimum absolute atomic E-state index is 0.560. The van der Waals surface area contributed by atoms with E-state index in [4.69, 9.17) is 33.7 Å². The first-order chi connectivity index (χ1) is 15.2. The summed E-state index contributed by atoms with van der Waals surface area (Å²) in [5.41, 5.74) is 4.53. The first-order valence-corrected chi connectivity index (χ1v) is 11.3. The second-order valence-corrected chi connectivity index (χ2v) is 8.01. The molecular weight excluding hydrogens is 416 g/mol. The zero-order valence-electron chi connectivity index (χ0n) is 18.4. The van der Waals surface area contributed by atoms with E-state index >= 15 is 0 Å². The highest BCUT2D eigenvalue weighted by atomic mass is 32.2. The largest absolute Gasteiger partial charge is 0.494 e. The van der Waals surface area contributed by atoms with E-state index in [1.807, 2.05) is 31.2 Å². The molecule has 0 aliphatic rings. The molecule has 7 nitrogen and oxygen atoms in total. The fourth-order valence-corrected chi connectivity index (χ4v) is 3.85. The molecule has 0 saturated carbocycles. The number of ether oxygens (including phenoxy) is 5. The summed E-state index contributed by atoms with van der Waals surface area (Å²) in [5, 5.41) is 0. The number of hydrogen-bond donors (Lipinski definition) is 0. The third-order valence-corrected chi connectivity index (χ3v) is 5.54. The van der Waals surface area contributed by atoms with Crippen molar-refractivity contribution in [3.8, 4) is 5.75 Å². The summed E-state index contributed by atoms with van der Waals surface area (Å²) >= 11 is 1.71. The monoisotopic (exact) mass is 446 g/mol. The van der Waals surface area contributed by atoms with Gasteiger partial charge in [0, 0.05) is 17.8 Å². The maximum Gasteiger partial charge on any atom is 0.147 e. The Morgan fingerprint density at radius 3 is 2.16 bits per heavy atom. The van der Waals surface area contributed by atoms with Crippen molar-refractivity contribution in [2.75, 3.05) is 66.2 Å². The van der Waals surface area contributed by atoms with Crippen LogP contribution in [0.1, 0.15) is 5.56 Å². The molecule has 0 saturated heterocycles. The lowest BCUT2D eigenvalue weighted by molar-refractivity contribution is 0.00565. The van der Waals surface area contributed by atoms with Crippen LogP contribution in [0.5, 0.6) is 5.75 Å². The molecule has 3 aromatic rings. The van der Waals surface area contributed by atoms with Crippen molar-refractivity contribution in [1.29, 1.82) is 0 Å². The third-order valence-electron chi connectivity index (χ3n) is 4.60. The summed E-state index contributed by atoms with van der Waals surface area (Å²) in [4.78, 5) is 10.7. The lowest BCUT2D eigenvalue weighted by Gasteiger charge is -2.10. The average Bonchev–Trinajstić information content (AvgIpc) is 2.78. The van der Waals surface area contributed by atoms with Crippen molar-refractivity contribution < 1.29 is 23.7 Å². The van der Waals surface area contributed by atoms with Gasteiger partial charge in [0.05, 0.1) is 69.9 Å².